The zero-order chi connectivity index (χ0) is 14.1. The summed E-state index contributed by atoms with van der Waals surface area (Å²) in [5.74, 6) is 0. The van der Waals surface area contributed by atoms with Gasteiger partial charge in [0.2, 0.25) is 0 Å². The maximum absolute atomic E-state index is 12.1. The van der Waals surface area contributed by atoms with Crippen LogP contribution in [-0.2, 0) is 0 Å². The molecule has 0 aliphatic rings. The molecule has 0 fully saturated rings. The summed E-state index contributed by atoms with van der Waals surface area (Å²) in [7, 11) is 0. The van der Waals surface area contributed by atoms with Gasteiger partial charge in [-0.25, -0.2) is 4.68 Å². The van der Waals surface area contributed by atoms with Crippen molar-refractivity contribution in [2.75, 3.05) is 0 Å². The molecule has 0 saturated carbocycles. The predicted molar refractivity (Wildman–Crippen MR) is 79.4 cm³/mol. The Balaban J connectivity index is 2.10. The van der Waals surface area contributed by atoms with E-state index in [-0.39, 0.29) is 5.56 Å². The third-order valence-corrected chi connectivity index (χ3v) is 3.51. The second-order valence-corrected chi connectivity index (χ2v) is 4.93. The van der Waals surface area contributed by atoms with Gasteiger partial charge in [-0.3, -0.25) is 14.9 Å². The van der Waals surface area contributed by atoms with Gasteiger partial charge in [0, 0.05) is 29.0 Å². The van der Waals surface area contributed by atoms with Crippen molar-refractivity contribution in [1.82, 2.24) is 14.8 Å². The topological polar surface area (TPSA) is 50.7 Å². The number of H-pyrrole nitrogens is 1. The fourth-order valence-corrected chi connectivity index (χ4v) is 2.15. The molecule has 2 aromatic heterocycles. The maximum atomic E-state index is 12.1. The van der Waals surface area contributed by atoms with E-state index in [0.29, 0.717) is 10.7 Å². The second-order valence-electron chi connectivity index (χ2n) is 4.52. The van der Waals surface area contributed by atoms with E-state index in [2.05, 4.69) is 10.1 Å². The van der Waals surface area contributed by atoms with E-state index in [1.54, 1.807) is 24.5 Å². The van der Waals surface area contributed by atoms with E-state index < -0.39 is 0 Å². The molecule has 100 valence electrons. The van der Waals surface area contributed by atoms with Crippen LogP contribution < -0.4 is 5.56 Å². The first-order chi connectivity index (χ1) is 9.65. The summed E-state index contributed by atoms with van der Waals surface area (Å²) < 4.78 is 1.47. The molecule has 0 aliphatic carbocycles. The minimum absolute atomic E-state index is 0.135. The lowest BCUT2D eigenvalue weighted by Gasteiger charge is -2.04. The van der Waals surface area contributed by atoms with Gasteiger partial charge in [0.05, 0.1) is 11.4 Å². The number of aromatic nitrogens is 3. The van der Waals surface area contributed by atoms with Crippen LogP contribution in [0.15, 0.2) is 53.6 Å². The summed E-state index contributed by atoms with van der Waals surface area (Å²) in [4.78, 5) is 16.1. The van der Waals surface area contributed by atoms with Gasteiger partial charge >= 0.3 is 0 Å². The molecule has 3 aromatic rings. The number of benzene rings is 1. The van der Waals surface area contributed by atoms with Crippen LogP contribution in [-0.4, -0.2) is 14.8 Å². The lowest BCUT2D eigenvalue weighted by molar-refractivity contribution is 0.852. The van der Waals surface area contributed by atoms with Crippen LogP contribution in [0.1, 0.15) is 5.56 Å². The molecule has 5 heteroatoms. The second kappa shape index (κ2) is 4.98. The average molecular weight is 286 g/mol. The Morgan fingerprint density at radius 2 is 2.10 bits per heavy atom. The molecular weight excluding hydrogens is 274 g/mol. The van der Waals surface area contributed by atoms with Crippen LogP contribution in [0.3, 0.4) is 0 Å². The fourth-order valence-electron chi connectivity index (χ4n) is 1.98. The normalized spacial score (nSPS) is 10.7. The van der Waals surface area contributed by atoms with Crippen molar-refractivity contribution in [3.05, 3.63) is 69.7 Å². The summed E-state index contributed by atoms with van der Waals surface area (Å²) in [6.45, 7) is 1.92. The van der Waals surface area contributed by atoms with E-state index in [9.17, 15) is 4.79 Å². The van der Waals surface area contributed by atoms with Gasteiger partial charge in [-0.1, -0.05) is 17.7 Å². The minimum atomic E-state index is -0.135. The standard InChI is InChI=1S/C15H12ClN3O/c1-10-4-5-12(7-13(10)16)19-15(20)8-14(18-19)11-3-2-6-17-9-11/h2-9,18H,1H3. The number of hydrogen-bond donors (Lipinski definition) is 1. The Morgan fingerprint density at radius 1 is 1.25 bits per heavy atom. The summed E-state index contributed by atoms with van der Waals surface area (Å²) in [5.41, 5.74) is 3.13. The van der Waals surface area contributed by atoms with Crippen LogP contribution in [0.4, 0.5) is 0 Å². The first-order valence-corrected chi connectivity index (χ1v) is 6.52. The highest BCUT2D eigenvalue weighted by atomic mass is 35.5. The lowest BCUT2D eigenvalue weighted by atomic mass is 10.2. The highest BCUT2D eigenvalue weighted by molar-refractivity contribution is 6.31. The number of halogens is 1. The van der Waals surface area contributed by atoms with E-state index in [1.807, 2.05) is 31.2 Å². The van der Waals surface area contributed by atoms with Crippen molar-refractivity contribution in [3.8, 4) is 16.9 Å². The van der Waals surface area contributed by atoms with Gasteiger partial charge in [0.1, 0.15) is 0 Å². The molecule has 1 N–H and O–H groups in total. The molecule has 0 aliphatic heterocycles. The monoisotopic (exact) mass is 285 g/mol. The van der Waals surface area contributed by atoms with Gasteiger partial charge in [0.15, 0.2) is 0 Å². The Morgan fingerprint density at radius 3 is 2.80 bits per heavy atom. The zero-order valence-electron chi connectivity index (χ0n) is 10.8. The number of nitrogens with zero attached hydrogens (tertiary/aromatic N) is 2. The van der Waals surface area contributed by atoms with Gasteiger partial charge in [0.25, 0.3) is 5.56 Å². The predicted octanol–water partition coefficient (Wildman–Crippen LogP) is 3.19. The van der Waals surface area contributed by atoms with Crippen molar-refractivity contribution >= 4 is 11.6 Å². The first-order valence-electron chi connectivity index (χ1n) is 6.14. The summed E-state index contributed by atoms with van der Waals surface area (Å²) in [5, 5.41) is 3.70. The quantitative estimate of drug-likeness (QED) is 0.786. The summed E-state index contributed by atoms with van der Waals surface area (Å²) in [6.07, 6.45) is 3.40. The molecule has 0 spiro atoms. The molecule has 2 heterocycles. The Bertz CT molecular complexity index is 805. The van der Waals surface area contributed by atoms with E-state index in [1.165, 1.54) is 4.68 Å². The molecule has 3 rings (SSSR count). The number of hydrogen-bond acceptors (Lipinski definition) is 2. The number of rotatable bonds is 2. The molecule has 0 bridgehead atoms. The van der Waals surface area contributed by atoms with Crippen molar-refractivity contribution < 1.29 is 0 Å². The third kappa shape index (κ3) is 2.26. The van der Waals surface area contributed by atoms with E-state index in [4.69, 9.17) is 11.6 Å². The van der Waals surface area contributed by atoms with E-state index in [0.717, 1.165) is 16.8 Å². The maximum Gasteiger partial charge on any atom is 0.271 e. The van der Waals surface area contributed by atoms with Gasteiger partial charge < -0.3 is 0 Å². The van der Waals surface area contributed by atoms with Gasteiger partial charge in [-0.2, -0.15) is 0 Å². The molecule has 0 amide bonds. The zero-order valence-corrected chi connectivity index (χ0v) is 11.6. The summed E-state index contributed by atoms with van der Waals surface area (Å²) >= 11 is 6.10. The molecule has 20 heavy (non-hydrogen) atoms. The van der Waals surface area contributed by atoms with Crippen molar-refractivity contribution in [2.45, 2.75) is 6.92 Å². The van der Waals surface area contributed by atoms with Crippen LogP contribution in [0, 0.1) is 6.92 Å². The lowest BCUT2D eigenvalue weighted by Crippen LogP contribution is -2.13. The molecular formula is C15H12ClN3O. The van der Waals surface area contributed by atoms with E-state index >= 15 is 0 Å². The van der Waals surface area contributed by atoms with Crippen LogP contribution in [0.5, 0.6) is 0 Å². The SMILES string of the molecule is Cc1ccc(-n2[nH]c(-c3cccnc3)cc2=O)cc1Cl. The van der Waals surface area contributed by atoms with Crippen LogP contribution in [0.2, 0.25) is 5.02 Å². The van der Waals surface area contributed by atoms with Gasteiger partial charge in [-0.15, -0.1) is 0 Å². The number of pyridine rings is 1. The van der Waals surface area contributed by atoms with Gasteiger partial charge in [-0.05, 0) is 36.8 Å². The molecule has 4 nitrogen and oxygen atoms in total. The van der Waals surface area contributed by atoms with Crippen LogP contribution >= 0.6 is 11.6 Å². The largest absolute Gasteiger partial charge is 0.290 e. The molecule has 0 radical (unpaired) electrons. The molecule has 0 unspecified atom stereocenters. The van der Waals surface area contributed by atoms with Crippen molar-refractivity contribution in [1.29, 1.82) is 0 Å². The molecule has 1 aromatic carbocycles. The molecule has 0 saturated heterocycles. The van der Waals surface area contributed by atoms with Crippen molar-refractivity contribution in [3.63, 3.8) is 0 Å². The third-order valence-electron chi connectivity index (χ3n) is 3.11. The Labute approximate surface area is 120 Å². The fraction of sp³-hybridized carbons (Fsp3) is 0.0667. The first kappa shape index (κ1) is 12.7. The number of aryl methyl sites for hydroxylation is 1. The molecule has 0 atom stereocenters. The van der Waals surface area contributed by atoms with Crippen molar-refractivity contribution in [2.24, 2.45) is 0 Å². The minimum Gasteiger partial charge on any atom is -0.290 e. The highest BCUT2D eigenvalue weighted by Gasteiger charge is 2.08. The smallest absolute Gasteiger partial charge is 0.271 e. The number of aromatic amines is 1. The number of nitrogens with one attached hydrogen (secondary N) is 1. The Kier molecular flexibility index (Phi) is 3.16. The highest BCUT2D eigenvalue weighted by Crippen LogP contribution is 2.19. The Hall–Kier alpha value is -2.33. The summed E-state index contributed by atoms with van der Waals surface area (Å²) in [6, 6.07) is 10.8. The average Bonchev–Trinajstić information content (AvgIpc) is 2.85. The van der Waals surface area contributed by atoms with Crippen LogP contribution in [0.25, 0.3) is 16.9 Å².